The van der Waals surface area contributed by atoms with Gasteiger partial charge in [0.25, 0.3) is 0 Å². The number of aryl methyl sites for hydroxylation is 2. The molecule has 3 rings (SSSR count). The maximum atomic E-state index is 5.50. The van der Waals surface area contributed by atoms with Crippen LogP contribution in [0.25, 0.3) is 0 Å². The Balaban J connectivity index is 1.66. The van der Waals surface area contributed by atoms with Crippen molar-refractivity contribution in [2.24, 2.45) is 0 Å². The first-order valence-corrected chi connectivity index (χ1v) is 6.54. The van der Waals surface area contributed by atoms with Crippen molar-refractivity contribution in [1.82, 2.24) is 10.3 Å². The number of rotatable bonds is 3. The fourth-order valence-corrected chi connectivity index (χ4v) is 2.54. The van der Waals surface area contributed by atoms with Crippen molar-refractivity contribution in [1.29, 1.82) is 0 Å². The van der Waals surface area contributed by atoms with E-state index in [1.165, 1.54) is 24.0 Å². The molecule has 0 radical (unpaired) electrons. The van der Waals surface area contributed by atoms with E-state index in [1.54, 1.807) is 6.26 Å². The van der Waals surface area contributed by atoms with Crippen molar-refractivity contribution in [3.05, 3.63) is 53.2 Å². The van der Waals surface area contributed by atoms with Gasteiger partial charge in [0.2, 0.25) is 0 Å². The number of aromatic nitrogens is 1. The Labute approximate surface area is 107 Å². The number of nitrogens with one attached hydrogen (secondary N) is 1. The number of pyridine rings is 1. The van der Waals surface area contributed by atoms with Crippen LogP contribution in [0.5, 0.6) is 0 Å². The molecule has 94 valence electrons. The molecule has 0 bridgehead atoms. The van der Waals surface area contributed by atoms with E-state index in [0.717, 1.165) is 24.4 Å². The SMILES string of the molecule is Cc1ccc(CNC2CCCc3occc32)cn1. The third-order valence-corrected chi connectivity index (χ3v) is 3.58. The van der Waals surface area contributed by atoms with Crippen LogP contribution in [-0.4, -0.2) is 4.98 Å². The number of nitrogens with zero attached hydrogens (tertiary/aromatic N) is 1. The summed E-state index contributed by atoms with van der Waals surface area (Å²) >= 11 is 0. The van der Waals surface area contributed by atoms with E-state index in [0.29, 0.717) is 6.04 Å². The minimum atomic E-state index is 0.425. The molecule has 1 atom stereocenters. The third kappa shape index (κ3) is 2.31. The van der Waals surface area contributed by atoms with Crippen LogP contribution in [0, 0.1) is 6.92 Å². The lowest BCUT2D eigenvalue weighted by Crippen LogP contribution is -2.24. The Morgan fingerprint density at radius 2 is 2.33 bits per heavy atom. The van der Waals surface area contributed by atoms with Crippen molar-refractivity contribution < 1.29 is 4.42 Å². The molecule has 0 aliphatic heterocycles. The molecule has 2 aromatic heterocycles. The van der Waals surface area contributed by atoms with Crippen molar-refractivity contribution >= 4 is 0 Å². The first-order chi connectivity index (χ1) is 8.83. The summed E-state index contributed by atoms with van der Waals surface area (Å²) < 4.78 is 5.50. The second kappa shape index (κ2) is 4.94. The summed E-state index contributed by atoms with van der Waals surface area (Å²) in [4.78, 5) is 4.32. The third-order valence-electron chi connectivity index (χ3n) is 3.58. The minimum Gasteiger partial charge on any atom is -0.469 e. The second-order valence-electron chi connectivity index (χ2n) is 4.93. The Morgan fingerprint density at radius 3 is 3.17 bits per heavy atom. The van der Waals surface area contributed by atoms with Gasteiger partial charge in [0.15, 0.2) is 0 Å². The largest absolute Gasteiger partial charge is 0.469 e. The molecule has 2 aromatic rings. The zero-order chi connectivity index (χ0) is 12.4. The fraction of sp³-hybridized carbons (Fsp3) is 0.400. The Kier molecular flexibility index (Phi) is 3.15. The van der Waals surface area contributed by atoms with Crippen LogP contribution >= 0.6 is 0 Å². The highest BCUT2D eigenvalue weighted by molar-refractivity contribution is 5.24. The van der Waals surface area contributed by atoms with Crippen LogP contribution in [0.15, 0.2) is 35.1 Å². The van der Waals surface area contributed by atoms with Gasteiger partial charge in [-0.3, -0.25) is 4.98 Å². The van der Waals surface area contributed by atoms with Crippen LogP contribution in [0.2, 0.25) is 0 Å². The highest BCUT2D eigenvalue weighted by Gasteiger charge is 2.21. The average molecular weight is 242 g/mol. The van der Waals surface area contributed by atoms with Crippen LogP contribution in [0.4, 0.5) is 0 Å². The number of hydrogen-bond donors (Lipinski definition) is 1. The van der Waals surface area contributed by atoms with E-state index < -0.39 is 0 Å². The topological polar surface area (TPSA) is 38.1 Å². The second-order valence-corrected chi connectivity index (χ2v) is 4.93. The molecule has 0 saturated heterocycles. The number of furan rings is 1. The number of hydrogen-bond acceptors (Lipinski definition) is 3. The Morgan fingerprint density at radius 1 is 1.39 bits per heavy atom. The summed E-state index contributed by atoms with van der Waals surface area (Å²) in [6.07, 6.45) is 7.21. The van der Waals surface area contributed by atoms with Gasteiger partial charge in [0.05, 0.1) is 6.26 Å². The lowest BCUT2D eigenvalue weighted by Gasteiger charge is -2.22. The maximum Gasteiger partial charge on any atom is 0.108 e. The van der Waals surface area contributed by atoms with Crippen LogP contribution in [0.1, 0.15) is 41.5 Å². The monoisotopic (exact) mass is 242 g/mol. The summed E-state index contributed by atoms with van der Waals surface area (Å²) in [7, 11) is 0. The Hall–Kier alpha value is -1.61. The van der Waals surface area contributed by atoms with E-state index in [2.05, 4.69) is 28.5 Å². The molecule has 2 heterocycles. The first kappa shape index (κ1) is 11.5. The quantitative estimate of drug-likeness (QED) is 0.898. The summed E-state index contributed by atoms with van der Waals surface area (Å²) in [6.45, 7) is 2.87. The first-order valence-electron chi connectivity index (χ1n) is 6.54. The summed E-state index contributed by atoms with van der Waals surface area (Å²) in [5, 5.41) is 3.60. The van der Waals surface area contributed by atoms with Crippen LogP contribution in [0.3, 0.4) is 0 Å². The van der Waals surface area contributed by atoms with Gasteiger partial charge >= 0.3 is 0 Å². The van der Waals surface area contributed by atoms with Crippen molar-refractivity contribution in [2.45, 2.75) is 38.8 Å². The van der Waals surface area contributed by atoms with Crippen LogP contribution < -0.4 is 5.32 Å². The molecule has 1 aliphatic rings. The molecular weight excluding hydrogens is 224 g/mol. The number of fused-ring (bicyclic) bond motifs is 1. The van der Waals surface area contributed by atoms with Gasteiger partial charge in [0.1, 0.15) is 5.76 Å². The molecule has 0 amide bonds. The summed E-state index contributed by atoms with van der Waals surface area (Å²) in [6, 6.07) is 6.71. The van der Waals surface area contributed by atoms with Crippen molar-refractivity contribution in [3.63, 3.8) is 0 Å². The smallest absolute Gasteiger partial charge is 0.108 e. The maximum absolute atomic E-state index is 5.50. The molecule has 0 fully saturated rings. The molecule has 1 aliphatic carbocycles. The van der Waals surface area contributed by atoms with Gasteiger partial charge in [-0.25, -0.2) is 0 Å². The van der Waals surface area contributed by atoms with Crippen LogP contribution in [-0.2, 0) is 13.0 Å². The van der Waals surface area contributed by atoms with Gasteiger partial charge in [-0.1, -0.05) is 6.07 Å². The summed E-state index contributed by atoms with van der Waals surface area (Å²) in [5.74, 6) is 1.15. The van der Waals surface area contributed by atoms with Gasteiger partial charge in [-0.05, 0) is 37.5 Å². The molecular formula is C15H18N2O. The van der Waals surface area contributed by atoms with Crippen molar-refractivity contribution in [3.8, 4) is 0 Å². The fourth-order valence-electron chi connectivity index (χ4n) is 2.54. The summed E-state index contributed by atoms with van der Waals surface area (Å²) in [5.41, 5.74) is 3.63. The van der Waals surface area contributed by atoms with Gasteiger partial charge < -0.3 is 9.73 Å². The minimum absolute atomic E-state index is 0.425. The molecule has 0 spiro atoms. The molecule has 0 aromatic carbocycles. The molecule has 0 saturated carbocycles. The van der Waals surface area contributed by atoms with E-state index in [9.17, 15) is 0 Å². The highest BCUT2D eigenvalue weighted by atomic mass is 16.3. The lowest BCUT2D eigenvalue weighted by atomic mass is 9.93. The zero-order valence-electron chi connectivity index (χ0n) is 10.6. The normalized spacial score (nSPS) is 18.6. The zero-order valence-corrected chi connectivity index (χ0v) is 10.6. The van der Waals surface area contributed by atoms with E-state index in [4.69, 9.17) is 4.42 Å². The van der Waals surface area contributed by atoms with Gasteiger partial charge in [-0.2, -0.15) is 0 Å². The lowest BCUT2D eigenvalue weighted by molar-refractivity contribution is 0.410. The van der Waals surface area contributed by atoms with Crippen molar-refractivity contribution in [2.75, 3.05) is 0 Å². The van der Waals surface area contributed by atoms with E-state index in [-0.39, 0.29) is 0 Å². The predicted molar refractivity (Wildman–Crippen MR) is 70.2 cm³/mol. The standard InChI is InChI=1S/C15H18N2O/c1-11-5-6-12(9-16-11)10-17-14-3-2-4-15-13(14)7-8-18-15/h5-9,14,17H,2-4,10H2,1H3. The molecule has 18 heavy (non-hydrogen) atoms. The van der Waals surface area contributed by atoms with E-state index >= 15 is 0 Å². The Bertz CT molecular complexity index is 516. The predicted octanol–water partition coefficient (Wildman–Crippen LogP) is 3.15. The highest BCUT2D eigenvalue weighted by Crippen LogP contribution is 2.30. The van der Waals surface area contributed by atoms with Gasteiger partial charge in [-0.15, -0.1) is 0 Å². The average Bonchev–Trinajstić information content (AvgIpc) is 2.87. The van der Waals surface area contributed by atoms with E-state index in [1.807, 2.05) is 13.1 Å². The molecule has 1 N–H and O–H groups in total. The molecule has 3 nitrogen and oxygen atoms in total. The molecule has 1 unspecified atom stereocenters. The van der Waals surface area contributed by atoms with Gasteiger partial charge in [0, 0.05) is 36.5 Å². The molecule has 3 heteroatoms.